The fraction of sp³-hybridized carbons (Fsp3) is 0.533. The molecule has 0 spiro atoms. The summed E-state index contributed by atoms with van der Waals surface area (Å²) in [6.45, 7) is 8.90. The molecule has 3 nitrogen and oxygen atoms in total. The first-order valence-corrected chi connectivity index (χ1v) is 6.77. The van der Waals surface area contributed by atoms with E-state index in [1.807, 2.05) is 18.2 Å². The Morgan fingerprint density at radius 3 is 2.56 bits per heavy atom. The average Bonchev–Trinajstić information content (AvgIpc) is 2.71. The number of nitrogens with one attached hydrogen (secondary N) is 2. The van der Waals surface area contributed by atoms with Gasteiger partial charge in [0.15, 0.2) is 0 Å². The molecule has 0 aliphatic carbocycles. The van der Waals surface area contributed by atoms with Gasteiger partial charge in [-0.05, 0) is 38.3 Å². The molecular weight excluding hydrogens is 222 g/mol. The second-order valence-electron chi connectivity index (χ2n) is 5.56. The molecule has 98 valence electrons. The zero-order valence-corrected chi connectivity index (χ0v) is 11.7. The second kappa shape index (κ2) is 5.53. The van der Waals surface area contributed by atoms with Crippen LogP contribution in [0.5, 0.6) is 0 Å². The third kappa shape index (κ3) is 3.10. The minimum Gasteiger partial charge on any atom is -0.341 e. The van der Waals surface area contributed by atoms with Gasteiger partial charge in [-0.2, -0.15) is 0 Å². The number of hydrogen-bond acceptors (Lipinski definition) is 2. The summed E-state index contributed by atoms with van der Waals surface area (Å²) in [5.41, 5.74) is 2.15. The van der Waals surface area contributed by atoms with Gasteiger partial charge in [-0.1, -0.05) is 26.0 Å². The lowest BCUT2D eigenvalue weighted by atomic mass is 10.0. The molecule has 1 aromatic carbocycles. The normalized spacial score (nSPS) is 15.2. The van der Waals surface area contributed by atoms with Gasteiger partial charge in [0.1, 0.15) is 5.82 Å². The van der Waals surface area contributed by atoms with Crippen LogP contribution in [-0.2, 0) is 0 Å². The summed E-state index contributed by atoms with van der Waals surface area (Å²) in [6, 6.07) is 8.92. The number of imidazole rings is 1. The summed E-state index contributed by atoms with van der Waals surface area (Å²) < 4.78 is 0. The van der Waals surface area contributed by atoms with E-state index in [9.17, 15) is 0 Å². The number of aromatic amines is 1. The van der Waals surface area contributed by atoms with Crippen LogP contribution >= 0.6 is 0 Å². The Morgan fingerprint density at radius 1 is 1.17 bits per heavy atom. The number of para-hydroxylation sites is 2. The highest BCUT2D eigenvalue weighted by molar-refractivity contribution is 5.74. The minimum absolute atomic E-state index is 0.256. The van der Waals surface area contributed by atoms with Crippen molar-refractivity contribution in [3.63, 3.8) is 0 Å². The van der Waals surface area contributed by atoms with Crippen LogP contribution in [0.1, 0.15) is 46.0 Å². The van der Waals surface area contributed by atoms with Crippen molar-refractivity contribution in [2.45, 2.75) is 46.2 Å². The van der Waals surface area contributed by atoms with Gasteiger partial charge in [-0.15, -0.1) is 0 Å². The number of aromatic nitrogens is 2. The number of rotatable bonds is 5. The smallest absolute Gasteiger partial charge is 0.124 e. The van der Waals surface area contributed by atoms with Crippen molar-refractivity contribution < 1.29 is 0 Å². The van der Waals surface area contributed by atoms with E-state index in [1.165, 1.54) is 6.42 Å². The molecule has 0 aliphatic heterocycles. The predicted octanol–water partition coefficient (Wildman–Crippen LogP) is 3.65. The first-order valence-electron chi connectivity index (χ1n) is 6.77. The van der Waals surface area contributed by atoms with E-state index >= 15 is 0 Å². The quantitative estimate of drug-likeness (QED) is 0.844. The lowest BCUT2D eigenvalue weighted by Gasteiger charge is -2.20. The van der Waals surface area contributed by atoms with Gasteiger partial charge in [-0.3, -0.25) is 0 Å². The van der Waals surface area contributed by atoms with E-state index in [1.54, 1.807) is 0 Å². The highest BCUT2D eigenvalue weighted by atomic mass is 15.0. The molecule has 0 amide bonds. The van der Waals surface area contributed by atoms with E-state index in [-0.39, 0.29) is 6.04 Å². The predicted molar refractivity (Wildman–Crippen MR) is 76.6 cm³/mol. The molecule has 0 fully saturated rings. The van der Waals surface area contributed by atoms with Gasteiger partial charge < -0.3 is 10.3 Å². The lowest BCUT2D eigenvalue weighted by Crippen LogP contribution is -2.30. The monoisotopic (exact) mass is 245 g/mol. The van der Waals surface area contributed by atoms with Gasteiger partial charge in [0.05, 0.1) is 17.1 Å². The molecule has 0 aliphatic rings. The number of fused-ring (bicyclic) bond motifs is 1. The summed E-state index contributed by atoms with van der Waals surface area (Å²) in [5.74, 6) is 1.74. The SMILES string of the molecule is CC(C)CC(C)NC(C)c1nc2ccccc2[nH]1. The van der Waals surface area contributed by atoms with Crippen molar-refractivity contribution >= 4 is 11.0 Å². The Kier molecular flexibility index (Phi) is 4.02. The molecule has 2 rings (SSSR count). The molecule has 0 saturated heterocycles. The number of hydrogen-bond donors (Lipinski definition) is 2. The van der Waals surface area contributed by atoms with Crippen LogP contribution in [0.2, 0.25) is 0 Å². The van der Waals surface area contributed by atoms with Gasteiger partial charge in [0.25, 0.3) is 0 Å². The summed E-state index contributed by atoms with van der Waals surface area (Å²) in [5, 5.41) is 3.59. The third-order valence-electron chi connectivity index (χ3n) is 3.18. The van der Waals surface area contributed by atoms with E-state index < -0.39 is 0 Å². The molecule has 2 N–H and O–H groups in total. The molecule has 0 saturated carbocycles. The van der Waals surface area contributed by atoms with Crippen molar-refractivity contribution in [1.82, 2.24) is 15.3 Å². The van der Waals surface area contributed by atoms with Gasteiger partial charge >= 0.3 is 0 Å². The van der Waals surface area contributed by atoms with Crippen molar-refractivity contribution in [2.24, 2.45) is 5.92 Å². The van der Waals surface area contributed by atoms with Crippen LogP contribution in [0.25, 0.3) is 11.0 Å². The van der Waals surface area contributed by atoms with Crippen molar-refractivity contribution in [2.75, 3.05) is 0 Å². The maximum atomic E-state index is 4.63. The Labute approximate surface area is 109 Å². The van der Waals surface area contributed by atoms with Crippen molar-refractivity contribution in [1.29, 1.82) is 0 Å². The molecular formula is C15H23N3. The average molecular weight is 245 g/mol. The van der Waals surface area contributed by atoms with E-state index in [2.05, 4.69) is 49.0 Å². The topological polar surface area (TPSA) is 40.7 Å². The highest BCUT2D eigenvalue weighted by Gasteiger charge is 2.13. The van der Waals surface area contributed by atoms with Gasteiger partial charge in [0.2, 0.25) is 0 Å². The summed E-state index contributed by atoms with van der Waals surface area (Å²) >= 11 is 0. The van der Waals surface area contributed by atoms with E-state index in [0.717, 1.165) is 22.8 Å². The molecule has 0 bridgehead atoms. The van der Waals surface area contributed by atoms with Crippen LogP contribution < -0.4 is 5.32 Å². The first kappa shape index (κ1) is 13.1. The minimum atomic E-state index is 0.256. The Bertz CT molecular complexity index is 468. The zero-order valence-electron chi connectivity index (χ0n) is 11.7. The molecule has 2 aromatic rings. The Hall–Kier alpha value is -1.35. The summed E-state index contributed by atoms with van der Waals surface area (Å²) in [6.07, 6.45) is 1.19. The molecule has 18 heavy (non-hydrogen) atoms. The molecule has 2 atom stereocenters. The van der Waals surface area contributed by atoms with Crippen LogP contribution in [0, 0.1) is 5.92 Å². The van der Waals surface area contributed by atoms with Crippen LogP contribution in [0.4, 0.5) is 0 Å². The highest BCUT2D eigenvalue weighted by Crippen LogP contribution is 2.16. The zero-order chi connectivity index (χ0) is 13.1. The Morgan fingerprint density at radius 2 is 1.89 bits per heavy atom. The van der Waals surface area contributed by atoms with Crippen molar-refractivity contribution in [3.8, 4) is 0 Å². The van der Waals surface area contributed by atoms with Crippen LogP contribution in [0.3, 0.4) is 0 Å². The number of H-pyrrole nitrogens is 1. The Balaban J connectivity index is 2.06. The summed E-state index contributed by atoms with van der Waals surface area (Å²) in [4.78, 5) is 8.01. The van der Waals surface area contributed by atoms with Gasteiger partial charge in [0, 0.05) is 6.04 Å². The molecule has 1 heterocycles. The molecule has 0 radical (unpaired) electrons. The molecule has 1 aromatic heterocycles. The maximum Gasteiger partial charge on any atom is 0.124 e. The maximum absolute atomic E-state index is 4.63. The third-order valence-corrected chi connectivity index (χ3v) is 3.18. The molecule has 3 heteroatoms. The van der Waals surface area contributed by atoms with Crippen LogP contribution in [0.15, 0.2) is 24.3 Å². The largest absolute Gasteiger partial charge is 0.341 e. The van der Waals surface area contributed by atoms with Crippen LogP contribution in [-0.4, -0.2) is 16.0 Å². The lowest BCUT2D eigenvalue weighted by molar-refractivity contribution is 0.400. The standard InChI is InChI=1S/C15H23N3/c1-10(2)9-11(3)16-12(4)15-17-13-7-5-6-8-14(13)18-15/h5-8,10-12,16H,9H2,1-4H3,(H,17,18). The fourth-order valence-corrected chi connectivity index (χ4v) is 2.46. The number of nitrogens with zero attached hydrogens (tertiary/aromatic N) is 1. The second-order valence-corrected chi connectivity index (χ2v) is 5.56. The number of benzene rings is 1. The first-order chi connectivity index (χ1) is 8.56. The summed E-state index contributed by atoms with van der Waals surface area (Å²) in [7, 11) is 0. The van der Waals surface area contributed by atoms with Gasteiger partial charge in [-0.25, -0.2) is 4.98 Å². The fourth-order valence-electron chi connectivity index (χ4n) is 2.46. The van der Waals surface area contributed by atoms with E-state index in [0.29, 0.717) is 6.04 Å². The molecule has 2 unspecified atom stereocenters. The van der Waals surface area contributed by atoms with Crippen molar-refractivity contribution in [3.05, 3.63) is 30.1 Å². The van der Waals surface area contributed by atoms with E-state index in [4.69, 9.17) is 0 Å².